The van der Waals surface area contributed by atoms with Crippen LogP contribution in [0.5, 0.6) is 17.2 Å². The monoisotopic (exact) mass is 394 g/mol. The van der Waals surface area contributed by atoms with Gasteiger partial charge in [-0.1, -0.05) is 18.2 Å². The molecule has 2 aromatic carbocycles. The van der Waals surface area contributed by atoms with Crippen molar-refractivity contribution in [3.05, 3.63) is 60.3 Å². The molecule has 0 aliphatic carbocycles. The highest BCUT2D eigenvalue weighted by molar-refractivity contribution is 5.94. The Kier molecular flexibility index (Phi) is 7.28. The molecule has 0 saturated heterocycles. The van der Waals surface area contributed by atoms with Gasteiger partial charge in [-0.2, -0.15) is 0 Å². The smallest absolute Gasteiger partial charge is 0.251 e. The molecular formula is C23H26N2O4. The summed E-state index contributed by atoms with van der Waals surface area (Å²) in [5.41, 5.74) is 1.38. The minimum atomic E-state index is -0.152. The van der Waals surface area contributed by atoms with Crippen LogP contribution in [0.1, 0.15) is 30.6 Å². The highest BCUT2D eigenvalue weighted by Gasteiger charge is 2.11. The summed E-state index contributed by atoms with van der Waals surface area (Å²) in [6.07, 6.45) is 2.44. The van der Waals surface area contributed by atoms with Gasteiger partial charge in [0.2, 0.25) is 0 Å². The van der Waals surface area contributed by atoms with Crippen LogP contribution in [-0.2, 0) is 0 Å². The van der Waals surface area contributed by atoms with Crippen molar-refractivity contribution in [2.45, 2.75) is 20.3 Å². The molecule has 0 bridgehead atoms. The van der Waals surface area contributed by atoms with Crippen molar-refractivity contribution in [3.8, 4) is 17.2 Å². The summed E-state index contributed by atoms with van der Waals surface area (Å²) in [5, 5.41) is 3.95. The molecule has 152 valence electrons. The average Bonchev–Trinajstić information content (AvgIpc) is 2.75. The second kappa shape index (κ2) is 10.3. The van der Waals surface area contributed by atoms with E-state index in [1.807, 2.05) is 44.2 Å². The van der Waals surface area contributed by atoms with Crippen molar-refractivity contribution in [2.75, 3.05) is 26.4 Å². The molecule has 6 nitrogen and oxygen atoms in total. The van der Waals surface area contributed by atoms with E-state index in [4.69, 9.17) is 14.2 Å². The number of nitrogens with zero attached hydrogens (tertiary/aromatic N) is 1. The van der Waals surface area contributed by atoms with Gasteiger partial charge in [0.15, 0.2) is 11.5 Å². The first-order valence-electron chi connectivity index (χ1n) is 9.87. The summed E-state index contributed by atoms with van der Waals surface area (Å²) in [7, 11) is 0. The van der Waals surface area contributed by atoms with Crippen molar-refractivity contribution < 1.29 is 19.0 Å². The van der Waals surface area contributed by atoms with E-state index in [-0.39, 0.29) is 5.91 Å². The van der Waals surface area contributed by atoms with Gasteiger partial charge in [-0.25, -0.2) is 0 Å². The highest BCUT2D eigenvalue weighted by Crippen LogP contribution is 2.28. The van der Waals surface area contributed by atoms with E-state index in [9.17, 15) is 4.79 Å². The standard InChI is InChI=1S/C23H26N2O4/c1-3-27-19-12-11-18(16-21(19)28-4-2)23(26)25-14-7-15-29-20-10-5-8-17-9-6-13-24-22(17)20/h5-6,8-13,16H,3-4,7,14-15H2,1-2H3,(H,25,26). The fourth-order valence-corrected chi connectivity index (χ4v) is 2.94. The van der Waals surface area contributed by atoms with E-state index >= 15 is 0 Å². The summed E-state index contributed by atoms with van der Waals surface area (Å²) >= 11 is 0. The molecule has 0 aliphatic rings. The molecule has 1 amide bonds. The Morgan fingerprint density at radius 2 is 1.72 bits per heavy atom. The zero-order valence-electron chi connectivity index (χ0n) is 16.8. The lowest BCUT2D eigenvalue weighted by Crippen LogP contribution is -2.25. The minimum absolute atomic E-state index is 0.152. The molecule has 1 N–H and O–H groups in total. The number of fused-ring (bicyclic) bond motifs is 1. The first-order chi connectivity index (χ1) is 14.2. The van der Waals surface area contributed by atoms with Crippen LogP contribution in [0, 0.1) is 0 Å². The molecule has 0 fully saturated rings. The summed E-state index contributed by atoms with van der Waals surface area (Å²) < 4.78 is 17.0. The maximum Gasteiger partial charge on any atom is 0.251 e. The van der Waals surface area contributed by atoms with Crippen LogP contribution >= 0.6 is 0 Å². The SMILES string of the molecule is CCOc1ccc(C(=O)NCCCOc2cccc3cccnc23)cc1OCC. The van der Waals surface area contributed by atoms with E-state index < -0.39 is 0 Å². The van der Waals surface area contributed by atoms with E-state index in [1.54, 1.807) is 24.4 Å². The Bertz CT molecular complexity index is 953. The fraction of sp³-hybridized carbons (Fsp3) is 0.304. The lowest BCUT2D eigenvalue weighted by Gasteiger charge is -2.13. The zero-order chi connectivity index (χ0) is 20.5. The van der Waals surface area contributed by atoms with Gasteiger partial charge >= 0.3 is 0 Å². The molecule has 0 spiro atoms. The average molecular weight is 394 g/mol. The van der Waals surface area contributed by atoms with Gasteiger partial charge in [0.1, 0.15) is 11.3 Å². The summed E-state index contributed by atoms with van der Waals surface area (Å²) in [6, 6.07) is 15.0. The second-order valence-electron chi connectivity index (χ2n) is 6.32. The number of hydrogen-bond acceptors (Lipinski definition) is 5. The number of hydrogen-bond donors (Lipinski definition) is 1. The van der Waals surface area contributed by atoms with Gasteiger partial charge in [0.25, 0.3) is 5.91 Å². The quantitative estimate of drug-likeness (QED) is 0.521. The predicted molar refractivity (Wildman–Crippen MR) is 113 cm³/mol. The summed E-state index contributed by atoms with van der Waals surface area (Å²) in [4.78, 5) is 16.8. The third-order valence-corrected chi connectivity index (χ3v) is 4.27. The predicted octanol–water partition coefficient (Wildman–Crippen LogP) is 4.23. The number of nitrogens with one attached hydrogen (secondary N) is 1. The highest BCUT2D eigenvalue weighted by atomic mass is 16.5. The number of amides is 1. The number of ether oxygens (including phenoxy) is 3. The molecule has 0 radical (unpaired) electrons. The molecule has 29 heavy (non-hydrogen) atoms. The van der Waals surface area contributed by atoms with Crippen LogP contribution in [0.15, 0.2) is 54.7 Å². The number of carbonyl (C=O) groups excluding carboxylic acids is 1. The Morgan fingerprint density at radius 1 is 0.931 bits per heavy atom. The van der Waals surface area contributed by atoms with E-state index in [0.29, 0.717) is 49.8 Å². The van der Waals surface area contributed by atoms with Crippen LogP contribution < -0.4 is 19.5 Å². The van der Waals surface area contributed by atoms with Gasteiger partial charge in [-0.05, 0) is 50.6 Å². The first-order valence-corrected chi connectivity index (χ1v) is 9.87. The van der Waals surface area contributed by atoms with Crippen LogP contribution in [0.3, 0.4) is 0 Å². The maximum absolute atomic E-state index is 12.4. The fourth-order valence-electron chi connectivity index (χ4n) is 2.94. The van der Waals surface area contributed by atoms with Crippen molar-refractivity contribution >= 4 is 16.8 Å². The third kappa shape index (κ3) is 5.38. The number of carbonyl (C=O) groups is 1. The molecule has 0 atom stereocenters. The van der Waals surface area contributed by atoms with Gasteiger partial charge in [0.05, 0.1) is 19.8 Å². The van der Waals surface area contributed by atoms with E-state index in [0.717, 1.165) is 16.7 Å². The summed E-state index contributed by atoms with van der Waals surface area (Å²) in [5.74, 6) is 1.82. The van der Waals surface area contributed by atoms with Gasteiger partial charge in [-0.3, -0.25) is 9.78 Å². The molecule has 1 aromatic heterocycles. The van der Waals surface area contributed by atoms with Gasteiger partial charge in [0, 0.05) is 23.7 Å². The molecule has 1 heterocycles. The largest absolute Gasteiger partial charge is 0.491 e. The van der Waals surface area contributed by atoms with Crippen LogP contribution in [0.2, 0.25) is 0 Å². The second-order valence-corrected chi connectivity index (χ2v) is 6.32. The minimum Gasteiger partial charge on any atom is -0.491 e. The van der Waals surface area contributed by atoms with Crippen LogP contribution in [0.4, 0.5) is 0 Å². The van der Waals surface area contributed by atoms with Gasteiger partial charge in [-0.15, -0.1) is 0 Å². The normalized spacial score (nSPS) is 10.6. The van der Waals surface area contributed by atoms with Crippen LogP contribution in [-0.4, -0.2) is 37.3 Å². The van der Waals surface area contributed by atoms with Crippen molar-refractivity contribution in [2.24, 2.45) is 0 Å². The van der Waals surface area contributed by atoms with E-state index in [1.165, 1.54) is 0 Å². The zero-order valence-corrected chi connectivity index (χ0v) is 16.8. The molecule has 0 saturated carbocycles. The lowest BCUT2D eigenvalue weighted by atomic mass is 10.2. The number of benzene rings is 2. The Hall–Kier alpha value is -3.28. The van der Waals surface area contributed by atoms with Crippen molar-refractivity contribution in [1.29, 1.82) is 0 Å². The Morgan fingerprint density at radius 3 is 2.55 bits per heavy atom. The van der Waals surface area contributed by atoms with E-state index in [2.05, 4.69) is 10.3 Å². The lowest BCUT2D eigenvalue weighted by molar-refractivity contribution is 0.0951. The first kappa shape index (κ1) is 20.5. The molecular weight excluding hydrogens is 368 g/mol. The Labute approximate surface area is 170 Å². The number of rotatable bonds is 10. The van der Waals surface area contributed by atoms with Crippen LogP contribution in [0.25, 0.3) is 10.9 Å². The molecule has 0 aliphatic heterocycles. The van der Waals surface area contributed by atoms with Crippen molar-refractivity contribution in [1.82, 2.24) is 10.3 Å². The third-order valence-electron chi connectivity index (χ3n) is 4.27. The number of para-hydroxylation sites is 1. The summed E-state index contributed by atoms with van der Waals surface area (Å²) in [6.45, 7) is 5.85. The number of aromatic nitrogens is 1. The molecule has 3 aromatic rings. The molecule has 6 heteroatoms. The maximum atomic E-state index is 12.4. The number of pyridine rings is 1. The topological polar surface area (TPSA) is 69.7 Å². The Balaban J connectivity index is 1.50. The molecule has 0 unspecified atom stereocenters. The van der Waals surface area contributed by atoms with Gasteiger partial charge < -0.3 is 19.5 Å². The molecule has 3 rings (SSSR count). The van der Waals surface area contributed by atoms with Crippen molar-refractivity contribution in [3.63, 3.8) is 0 Å².